The highest BCUT2D eigenvalue weighted by atomic mass is 32.2. The monoisotopic (exact) mass is 282 g/mol. The fourth-order valence-electron chi connectivity index (χ4n) is 1.41. The van der Waals surface area contributed by atoms with E-state index in [1.165, 1.54) is 11.8 Å². The molecule has 2 aromatic rings. The van der Waals surface area contributed by atoms with E-state index in [0.29, 0.717) is 24.7 Å². The minimum absolute atomic E-state index is 0.0307. The Hall–Kier alpha value is -1.41. The zero-order valence-corrected chi connectivity index (χ0v) is 12.1. The second-order valence-electron chi connectivity index (χ2n) is 5.13. The molecule has 0 aliphatic carbocycles. The lowest BCUT2D eigenvalue weighted by atomic mass is 9.94. The van der Waals surface area contributed by atoms with Crippen molar-refractivity contribution in [1.29, 1.82) is 0 Å². The predicted molar refractivity (Wildman–Crippen MR) is 71.6 cm³/mol. The number of hydrogen-bond acceptors (Lipinski definition) is 7. The fourth-order valence-corrected chi connectivity index (χ4v) is 2.17. The second-order valence-corrected chi connectivity index (χ2v) is 6.07. The summed E-state index contributed by atoms with van der Waals surface area (Å²) in [5.41, 5.74) is 5.46. The number of tetrazole rings is 1. The summed E-state index contributed by atoms with van der Waals surface area (Å²) in [6.07, 6.45) is 1.78. The van der Waals surface area contributed by atoms with Gasteiger partial charge in [0, 0.05) is 12.0 Å². The van der Waals surface area contributed by atoms with Crippen LogP contribution in [-0.2, 0) is 17.7 Å². The van der Waals surface area contributed by atoms with E-state index in [-0.39, 0.29) is 5.41 Å². The molecule has 2 heterocycles. The average molecular weight is 282 g/mol. The fraction of sp³-hybridized carbons (Fsp3) is 0.636. The summed E-state index contributed by atoms with van der Waals surface area (Å²) in [5.74, 6) is 2.16. The molecule has 0 amide bonds. The van der Waals surface area contributed by atoms with Gasteiger partial charge in [-0.2, -0.15) is 0 Å². The largest absolute Gasteiger partial charge is 0.444 e. The lowest BCUT2D eigenvalue weighted by molar-refractivity contribution is 0.390. The predicted octanol–water partition coefficient (Wildman–Crippen LogP) is 1.21. The minimum Gasteiger partial charge on any atom is -0.444 e. The van der Waals surface area contributed by atoms with Crippen LogP contribution in [0.2, 0.25) is 0 Å². The average Bonchev–Trinajstić information content (AvgIpc) is 2.94. The number of aromatic nitrogens is 5. The van der Waals surface area contributed by atoms with Crippen molar-refractivity contribution in [2.45, 2.75) is 43.6 Å². The Morgan fingerprint density at radius 2 is 2.21 bits per heavy atom. The van der Waals surface area contributed by atoms with Gasteiger partial charge in [-0.05, 0) is 10.4 Å². The molecule has 2 N–H and O–H groups in total. The van der Waals surface area contributed by atoms with E-state index in [1.807, 2.05) is 0 Å². The molecule has 7 nitrogen and oxygen atoms in total. The summed E-state index contributed by atoms with van der Waals surface area (Å²) in [6, 6.07) is 0. The third-order valence-electron chi connectivity index (χ3n) is 2.46. The van der Waals surface area contributed by atoms with Crippen molar-refractivity contribution in [3.05, 3.63) is 17.8 Å². The van der Waals surface area contributed by atoms with Gasteiger partial charge in [0.15, 0.2) is 0 Å². The van der Waals surface area contributed by atoms with Crippen LogP contribution >= 0.6 is 11.8 Å². The van der Waals surface area contributed by atoms with E-state index in [2.05, 4.69) is 41.3 Å². The molecule has 2 rings (SSSR count). The van der Waals surface area contributed by atoms with E-state index in [0.717, 1.165) is 10.9 Å². The molecule has 0 saturated heterocycles. The standard InChI is InChI=1S/C11H18N6OS/c1-11(2,3)8-6-13-9(18-8)7-19-10-14-15-16-17(10)5-4-12/h6H,4-5,7,12H2,1-3H3. The molecule has 0 unspecified atom stereocenters. The maximum Gasteiger partial charge on any atom is 0.209 e. The van der Waals surface area contributed by atoms with Crippen LogP contribution in [0.15, 0.2) is 15.8 Å². The maximum atomic E-state index is 5.71. The molecule has 0 saturated carbocycles. The summed E-state index contributed by atoms with van der Waals surface area (Å²) >= 11 is 1.49. The first-order valence-electron chi connectivity index (χ1n) is 6.05. The van der Waals surface area contributed by atoms with E-state index in [9.17, 15) is 0 Å². The Balaban J connectivity index is 1.99. The van der Waals surface area contributed by atoms with Crippen molar-refractivity contribution in [3.63, 3.8) is 0 Å². The Morgan fingerprint density at radius 1 is 1.42 bits per heavy atom. The molecule has 104 valence electrons. The molecular weight excluding hydrogens is 264 g/mol. The van der Waals surface area contributed by atoms with Gasteiger partial charge in [-0.3, -0.25) is 0 Å². The molecule has 2 aromatic heterocycles. The number of thioether (sulfide) groups is 1. The SMILES string of the molecule is CC(C)(C)c1cnc(CSc2nnnn2CCN)o1. The zero-order chi connectivity index (χ0) is 13.9. The van der Waals surface area contributed by atoms with Crippen molar-refractivity contribution in [1.82, 2.24) is 25.2 Å². The van der Waals surface area contributed by atoms with Crippen LogP contribution in [0.4, 0.5) is 0 Å². The highest BCUT2D eigenvalue weighted by molar-refractivity contribution is 7.98. The third kappa shape index (κ3) is 3.54. The Labute approximate surface area is 116 Å². The summed E-state index contributed by atoms with van der Waals surface area (Å²) in [6.45, 7) is 7.38. The first-order valence-corrected chi connectivity index (χ1v) is 7.03. The van der Waals surface area contributed by atoms with Crippen LogP contribution in [0, 0.1) is 0 Å². The number of oxazole rings is 1. The van der Waals surface area contributed by atoms with Gasteiger partial charge in [0.1, 0.15) is 5.76 Å². The molecular formula is C11H18N6OS. The molecule has 19 heavy (non-hydrogen) atoms. The van der Waals surface area contributed by atoms with Crippen molar-refractivity contribution < 1.29 is 4.42 Å². The van der Waals surface area contributed by atoms with E-state index < -0.39 is 0 Å². The maximum absolute atomic E-state index is 5.71. The lowest BCUT2D eigenvalue weighted by Crippen LogP contribution is -2.12. The summed E-state index contributed by atoms with van der Waals surface area (Å²) in [7, 11) is 0. The van der Waals surface area contributed by atoms with Crippen LogP contribution in [0.25, 0.3) is 0 Å². The number of hydrogen-bond donors (Lipinski definition) is 1. The van der Waals surface area contributed by atoms with E-state index in [4.69, 9.17) is 10.2 Å². The van der Waals surface area contributed by atoms with E-state index >= 15 is 0 Å². The molecule has 0 spiro atoms. The summed E-state index contributed by atoms with van der Waals surface area (Å²) < 4.78 is 7.39. The molecule has 0 aliphatic rings. The molecule has 0 bridgehead atoms. The van der Waals surface area contributed by atoms with Crippen molar-refractivity contribution in [2.24, 2.45) is 5.73 Å². The number of rotatable bonds is 5. The van der Waals surface area contributed by atoms with Crippen LogP contribution in [0.1, 0.15) is 32.4 Å². The van der Waals surface area contributed by atoms with Gasteiger partial charge in [0.25, 0.3) is 0 Å². The first-order chi connectivity index (χ1) is 9.00. The molecule has 0 aromatic carbocycles. The van der Waals surface area contributed by atoms with Gasteiger partial charge in [0.05, 0.1) is 18.5 Å². The highest BCUT2D eigenvalue weighted by Gasteiger charge is 2.19. The van der Waals surface area contributed by atoms with E-state index in [1.54, 1.807) is 10.9 Å². The third-order valence-corrected chi connectivity index (χ3v) is 3.40. The summed E-state index contributed by atoms with van der Waals surface area (Å²) in [4.78, 5) is 4.27. The van der Waals surface area contributed by atoms with Crippen molar-refractivity contribution in [3.8, 4) is 0 Å². The Morgan fingerprint density at radius 3 is 2.84 bits per heavy atom. The molecule has 0 fully saturated rings. The first kappa shape index (κ1) is 14.0. The molecule has 8 heteroatoms. The molecule has 0 radical (unpaired) electrons. The minimum atomic E-state index is -0.0307. The zero-order valence-electron chi connectivity index (χ0n) is 11.3. The molecule has 0 atom stereocenters. The van der Waals surface area contributed by atoms with Gasteiger partial charge in [-0.25, -0.2) is 9.67 Å². The highest BCUT2D eigenvalue weighted by Crippen LogP contribution is 2.25. The smallest absolute Gasteiger partial charge is 0.209 e. The Kier molecular flexibility index (Phi) is 4.20. The second kappa shape index (κ2) is 5.70. The van der Waals surface area contributed by atoms with Crippen LogP contribution in [0.3, 0.4) is 0 Å². The number of nitrogens with two attached hydrogens (primary N) is 1. The quantitative estimate of drug-likeness (QED) is 0.823. The van der Waals surface area contributed by atoms with Gasteiger partial charge < -0.3 is 10.2 Å². The summed E-state index contributed by atoms with van der Waals surface area (Å²) in [5, 5.41) is 12.2. The van der Waals surface area contributed by atoms with Crippen LogP contribution < -0.4 is 5.73 Å². The van der Waals surface area contributed by atoms with Crippen LogP contribution in [0.5, 0.6) is 0 Å². The normalized spacial score (nSPS) is 12.0. The van der Waals surface area contributed by atoms with Crippen molar-refractivity contribution in [2.75, 3.05) is 6.54 Å². The lowest BCUT2D eigenvalue weighted by Gasteiger charge is -2.12. The van der Waals surface area contributed by atoms with Gasteiger partial charge in [0.2, 0.25) is 11.0 Å². The topological polar surface area (TPSA) is 95.7 Å². The van der Waals surface area contributed by atoms with Crippen LogP contribution in [-0.4, -0.2) is 31.7 Å². The number of nitrogens with zero attached hydrogens (tertiary/aromatic N) is 5. The van der Waals surface area contributed by atoms with Gasteiger partial charge in [-0.15, -0.1) is 5.10 Å². The van der Waals surface area contributed by atoms with Gasteiger partial charge >= 0.3 is 0 Å². The van der Waals surface area contributed by atoms with Crippen molar-refractivity contribution >= 4 is 11.8 Å². The molecule has 0 aliphatic heterocycles. The van der Waals surface area contributed by atoms with Gasteiger partial charge in [-0.1, -0.05) is 32.5 Å². The Bertz CT molecular complexity index is 529.